The summed E-state index contributed by atoms with van der Waals surface area (Å²) in [6.45, 7) is 3.63. The summed E-state index contributed by atoms with van der Waals surface area (Å²) in [4.78, 5) is 0. The van der Waals surface area contributed by atoms with Crippen molar-refractivity contribution >= 4 is 9.04 Å². The summed E-state index contributed by atoms with van der Waals surface area (Å²) < 4.78 is 30.8. The molecule has 0 spiro atoms. The standard InChI is InChI=1S/C7H12F2OSi/c1-2-7(8,9)11-6-4-3-5-10-11/h2,11H,1,3-6H2. The molecule has 0 aromatic heterocycles. The van der Waals surface area contributed by atoms with Crippen LogP contribution in [0.5, 0.6) is 0 Å². The molecule has 1 atom stereocenters. The molecule has 1 rings (SSSR count). The van der Waals surface area contributed by atoms with Crippen LogP contribution in [0.3, 0.4) is 0 Å². The summed E-state index contributed by atoms with van der Waals surface area (Å²) in [5.41, 5.74) is -2.71. The third kappa shape index (κ3) is 2.10. The zero-order chi connectivity index (χ0) is 8.32. The van der Waals surface area contributed by atoms with Gasteiger partial charge in [-0.1, -0.05) is 13.0 Å². The summed E-state index contributed by atoms with van der Waals surface area (Å²) in [5.74, 6) is 0. The molecule has 0 aromatic carbocycles. The van der Waals surface area contributed by atoms with E-state index < -0.39 is 14.6 Å². The monoisotopic (exact) mass is 178 g/mol. The third-order valence-corrected chi connectivity index (χ3v) is 4.55. The highest BCUT2D eigenvalue weighted by Crippen LogP contribution is 2.26. The van der Waals surface area contributed by atoms with Crippen LogP contribution >= 0.6 is 0 Å². The van der Waals surface area contributed by atoms with Gasteiger partial charge in [0.2, 0.25) is 0 Å². The average molecular weight is 178 g/mol. The van der Waals surface area contributed by atoms with Crippen molar-refractivity contribution in [1.29, 1.82) is 0 Å². The number of allylic oxidation sites excluding steroid dienone is 1. The van der Waals surface area contributed by atoms with E-state index in [9.17, 15) is 8.78 Å². The minimum absolute atomic E-state index is 0.514. The van der Waals surface area contributed by atoms with Gasteiger partial charge < -0.3 is 4.43 Å². The summed E-state index contributed by atoms with van der Waals surface area (Å²) in [7, 11) is -2.29. The maximum atomic E-state index is 12.9. The predicted octanol–water partition coefficient (Wildman–Crippen LogP) is 1.88. The average Bonchev–Trinajstić information content (AvgIpc) is 2.06. The van der Waals surface area contributed by atoms with Gasteiger partial charge in [0.05, 0.1) is 0 Å². The van der Waals surface area contributed by atoms with Crippen LogP contribution in [-0.4, -0.2) is 21.2 Å². The molecule has 0 amide bonds. The van der Waals surface area contributed by atoms with Crippen LogP contribution in [0.1, 0.15) is 12.8 Å². The first-order valence-electron chi connectivity index (χ1n) is 3.80. The molecule has 4 heteroatoms. The first-order chi connectivity index (χ1) is 5.17. The summed E-state index contributed by atoms with van der Waals surface area (Å²) >= 11 is 0. The van der Waals surface area contributed by atoms with Crippen molar-refractivity contribution in [3.8, 4) is 0 Å². The van der Waals surface area contributed by atoms with Crippen LogP contribution in [0.25, 0.3) is 0 Å². The molecule has 1 saturated heterocycles. The highest BCUT2D eigenvalue weighted by Gasteiger charge is 2.40. The second-order valence-corrected chi connectivity index (χ2v) is 5.39. The van der Waals surface area contributed by atoms with Crippen LogP contribution in [-0.2, 0) is 4.43 Å². The van der Waals surface area contributed by atoms with Crippen molar-refractivity contribution < 1.29 is 13.2 Å². The lowest BCUT2D eigenvalue weighted by atomic mass is 10.4. The van der Waals surface area contributed by atoms with Gasteiger partial charge in [-0.05, 0) is 18.5 Å². The van der Waals surface area contributed by atoms with E-state index in [-0.39, 0.29) is 0 Å². The number of rotatable bonds is 2. The molecule has 1 aliphatic rings. The molecule has 64 valence electrons. The van der Waals surface area contributed by atoms with E-state index >= 15 is 0 Å². The van der Waals surface area contributed by atoms with E-state index in [0.29, 0.717) is 12.7 Å². The molecular formula is C7H12F2OSi. The van der Waals surface area contributed by atoms with Crippen molar-refractivity contribution in [1.82, 2.24) is 0 Å². The topological polar surface area (TPSA) is 9.23 Å². The van der Waals surface area contributed by atoms with Gasteiger partial charge in [-0.25, -0.2) is 8.78 Å². The Labute approximate surface area is 66.8 Å². The second kappa shape index (κ2) is 3.45. The lowest BCUT2D eigenvalue weighted by Crippen LogP contribution is -2.41. The largest absolute Gasteiger partial charge is 0.413 e. The van der Waals surface area contributed by atoms with Crippen molar-refractivity contribution in [2.75, 3.05) is 6.61 Å². The summed E-state index contributed by atoms with van der Waals surface area (Å²) in [6.07, 6.45) is 2.55. The Balaban J connectivity index is 2.50. The molecule has 1 fully saturated rings. The van der Waals surface area contributed by atoms with Gasteiger partial charge in [-0.2, -0.15) is 0 Å². The first-order valence-corrected chi connectivity index (χ1v) is 5.66. The minimum Gasteiger partial charge on any atom is -0.413 e. The quantitative estimate of drug-likeness (QED) is 0.463. The second-order valence-electron chi connectivity index (χ2n) is 2.73. The molecule has 1 nitrogen and oxygen atoms in total. The first kappa shape index (κ1) is 8.87. The molecule has 0 N–H and O–H groups in total. The van der Waals surface area contributed by atoms with E-state index in [2.05, 4.69) is 6.58 Å². The molecule has 1 heterocycles. The fraction of sp³-hybridized carbons (Fsp3) is 0.714. The summed E-state index contributed by atoms with van der Waals surface area (Å²) in [5, 5.41) is 0. The molecule has 0 saturated carbocycles. The SMILES string of the molecule is C=CC(F)(F)[SiH]1CCCCO1. The number of alkyl halides is 2. The van der Waals surface area contributed by atoms with Crippen LogP contribution in [0.15, 0.2) is 12.7 Å². The van der Waals surface area contributed by atoms with E-state index in [4.69, 9.17) is 4.43 Å². The molecule has 1 unspecified atom stereocenters. The summed E-state index contributed by atoms with van der Waals surface area (Å²) in [6, 6.07) is 0.582. The Morgan fingerprint density at radius 2 is 2.18 bits per heavy atom. The molecule has 0 aromatic rings. The third-order valence-electron chi connectivity index (χ3n) is 1.88. The van der Waals surface area contributed by atoms with Crippen LogP contribution in [0.2, 0.25) is 6.04 Å². The maximum absolute atomic E-state index is 12.9. The zero-order valence-corrected chi connectivity index (χ0v) is 7.51. The Bertz CT molecular complexity index is 143. The fourth-order valence-electron chi connectivity index (χ4n) is 1.18. The number of halogens is 2. The van der Waals surface area contributed by atoms with Gasteiger partial charge in [-0.3, -0.25) is 0 Å². The van der Waals surface area contributed by atoms with Crippen molar-refractivity contribution in [2.24, 2.45) is 0 Å². The smallest absolute Gasteiger partial charge is 0.271 e. The Kier molecular flexibility index (Phi) is 2.78. The molecule has 11 heavy (non-hydrogen) atoms. The number of hydrogen-bond acceptors (Lipinski definition) is 1. The minimum atomic E-state index is -2.71. The Hall–Kier alpha value is -0.223. The van der Waals surface area contributed by atoms with Crippen molar-refractivity contribution in [2.45, 2.75) is 24.4 Å². The maximum Gasteiger partial charge on any atom is 0.271 e. The van der Waals surface area contributed by atoms with Crippen LogP contribution in [0, 0.1) is 0 Å². The van der Waals surface area contributed by atoms with Gasteiger partial charge in [0.1, 0.15) is 0 Å². The lowest BCUT2D eigenvalue weighted by Gasteiger charge is -2.26. The molecule has 0 aliphatic carbocycles. The van der Waals surface area contributed by atoms with E-state index in [1.54, 1.807) is 0 Å². The van der Waals surface area contributed by atoms with Gasteiger partial charge >= 0.3 is 0 Å². The predicted molar refractivity (Wildman–Crippen MR) is 42.3 cm³/mol. The van der Waals surface area contributed by atoms with Crippen LogP contribution < -0.4 is 0 Å². The van der Waals surface area contributed by atoms with Gasteiger partial charge in [0, 0.05) is 6.61 Å². The fourth-order valence-corrected chi connectivity index (χ4v) is 3.32. The van der Waals surface area contributed by atoms with Crippen molar-refractivity contribution in [3.05, 3.63) is 12.7 Å². The molecule has 0 bridgehead atoms. The molecule has 1 aliphatic heterocycles. The number of hydrogen-bond donors (Lipinski definition) is 0. The molecule has 0 radical (unpaired) electrons. The van der Waals surface area contributed by atoms with Crippen LogP contribution in [0.4, 0.5) is 8.78 Å². The lowest BCUT2D eigenvalue weighted by molar-refractivity contribution is 0.104. The Morgan fingerprint density at radius 1 is 1.45 bits per heavy atom. The van der Waals surface area contributed by atoms with Gasteiger partial charge in [0.25, 0.3) is 14.6 Å². The normalized spacial score (nSPS) is 26.5. The highest BCUT2D eigenvalue weighted by atomic mass is 28.3. The van der Waals surface area contributed by atoms with Gasteiger partial charge in [-0.15, -0.1) is 0 Å². The van der Waals surface area contributed by atoms with E-state index in [1.807, 2.05) is 0 Å². The zero-order valence-electron chi connectivity index (χ0n) is 6.35. The Morgan fingerprint density at radius 3 is 2.64 bits per heavy atom. The highest BCUT2D eigenvalue weighted by molar-refractivity contribution is 6.55. The molecular weight excluding hydrogens is 166 g/mol. The van der Waals surface area contributed by atoms with E-state index in [0.717, 1.165) is 18.9 Å². The van der Waals surface area contributed by atoms with Gasteiger partial charge in [0.15, 0.2) is 0 Å². The van der Waals surface area contributed by atoms with Crippen molar-refractivity contribution in [3.63, 3.8) is 0 Å². The van der Waals surface area contributed by atoms with E-state index in [1.165, 1.54) is 0 Å².